The van der Waals surface area contributed by atoms with Gasteiger partial charge in [-0.2, -0.15) is 0 Å². The van der Waals surface area contributed by atoms with Crippen LogP contribution in [0.5, 0.6) is 0 Å². The summed E-state index contributed by atoms with van der Waals surface area (Å²) in [6, 6.07) is 87.9. The number of hydrogen-bond donors (Lipinski definition) is 0. The first kappa shape index (κ1) is 35.9. The van der Waals surface area contributed by atoms with E-state index < -0.39 is 5.41 Å². The minimum atomic E-state index is -0.411. The second-order valence-corrected chi connectivity index (χ2v) is 17.8. The lowest BCUT2D eigenvalue weighted by Gasteiger charge is -2.32. The fourth-order valence-electron chi connectivity index (χ4n) is 10.9. The molecule has 0 radical (unpaired) electrons. The molecular formula is C61H39NS. The topological polar surface area (TPSA) is 3.24 Å². The molecule has 294 valence electrons. The number of fused-ring (bicyclic) bond motifs is 13. The van der Waals surface area contributed by atoms with E-state index >= 15 is 0 Å². The molecule has 11 aromatic rings. The summed E-state index contributed by atoms with van der Waals surface area (Å²) in [7, 11) is 0. The lowest BCUT2D eigenvalue weighted by atomic mass is 9.70. The van der Waals surface area contributed by atoms with Gasteiger partial charge in [0.05, 0.1) is 11.1 Å². The van der Waals surface area contributed by atoms with E-state index in [1.165, 1.54) is 98.1 Å². The maximum absolute atomic E-state index is 2.53. The van der Waals surface area contributed by atoms with E-state index in [0.717, 1.165) is 17.1 Å². The maximum Gasteiger partial charge on any atom is 0.0725 e. The molecule has 1 spiro atoms. The SMILES string of the molecule is c1ccc(-c2ccccc2-c2c(-c3ccccc3)cccc2N(c2ccc3c(c2)-c2ccccc2C32c3ccccc3-c3ccccc32)c2ccc3c(c2)sc2ccccc23)cc1. The summed E-state index contributed by atoms with van der Waals surface area (Å²) < 4.78 is 2.57. The Morgan fingerprint density at radius 1 is 0.302 bits per heavy atom. The van der Waals surface area contributed by atoms with Gasteiger partial charge in [-0.25, -0.2) is 0 Å². The first-order valence-electron chi connectivity index (χ1n) is 21.8. The highest BCUT2D eigenvalue weighted by atomic mass is 32.1. The van der Waals surface area contributed by atoms with Gasteiger partial charge in [0.25, 0.3) is 0 Å². The van der Waals surface area contributed by atoms with Crippen molar-refractivity contribution in [1.29, 1.82) is 0 Å². The largest absolute Gasteiger partial charge is 0.310 e. The van der Waals surface area contributed by atoms with Crippen LogP contribution in [0.1, 0.15) is 22.3 Å². The third kappa shape index (κ3) is 5.29. The number of hydrogen-bond acceptors (Lipinski definition) is 2. The molecule has 0 saturated carbocycles. The summed E-state index contributed by atoms with van der Waals surface area (Å²) in [5.74, 6) is 0. The number of thiophene rings is 1. The number of anilines is 3. The lowest BCUT2D eigenvalue weighted by molar-refractivity contribution is 0.794. The van der Waals surface area contributed by atoms with Gasteiger partial charge >= 0.3 is 0 Å². The first-order chi connectivity index (χ1) is 31.3. The Hall–Kier alpha value is -7.78. The summed E-state index contributed by atoms with van der Waals surface area (Å²) in [6.07, 6.45) is 0. The monoisotopic (exact) mass is 817 g/mol. The fourth-order valence-corrected chi connectivity index (χ4v) is 12.1. The minimum absolute atomic E-state index is 0.411. The van der Waals surface area contributed by atoms with Crippen LogP contribution in [0.2, 0.25) is 0 Å². The van der Waals surface area contributed by atoms with Crippen molar-refractivity contribution in [1.82, 2.24) is 0 Å². The normalized spacial score (nSPS) is 12.9. The summed E-state index contributed by atoms with van der Waals surface area (Å²) in [5, 5.41) is 2.59. The highest BCUT2D eigenvalue weighted by molar-refractivity contribution is 7.25. The molecule has 1 heterocycles. The second-order valence-electron chi connectivity index (χ2n) is 16.7. The third-order valence-corrected chi connectivity index (χ3v) is 14.6. The van der Waals surface area contributed by atoms with Crippen LogP contribution in [-0.4, -0.2) is 0 Å². The summed E-state index contributed by atoms with van der Waals surface area (Å²) in [4.78, 5) is 2.53. The van der Waals surface area contributed by atoms with Crippen molar-refractivity contribution in [2.45, 2.75) is 5.41 Å². The molecule has 0 unspecified atom stereocenters. The van der Waals surface area contributed by atoms with Gasteiger partial charge in [0.2, 0.25) is 0 Å². The van der Waals surface area contributed by atoms with E-state index in [1.54, 1.807) is 0 Å². The summed E-state index contributed by atoms with van der Waals surface area (Å²) in [5.41, 5.74) is 20.7. The molecule has 0 saturated heterocycles. The van der Waals surface area contributed by atoms with Crippen molar-refractivity contribution >= 4 is 48.6 Å². The van der Waals surface area contributed by atoms with E-state index in [1.807, 2.05) is 11.3 Å². The average molecular weight is 818 g/mol. The van der Waals surface area contributed by atoms with Crippen molar-refractivity contribution in [3.05, 3.63) is 259 Å². The van der Waals surface area contributed by atoms with Crippen LogP contribution in [0, 0.1) is 0 Å². The molecule has 0 N–H and O–H groups in total. The van der Waals surface area contributed by atoms with Crippen LogP contribution in [0.4, 0.5) is 17.1 Å². The predicted molar refractivity (Wildman–Crippen MR) is 267 cm³/mol. The van der Waals surface area contributed by atoms with Crippen molar-refractivity contribution < 1.29 is 0 Å². The molecule has 63 heavy (non-hydrogen) atoms. The minimum Gasteiger partial charge on any atom is -0.310 e. The van der Waals surface area contributed by atoms with Gasteiger partial charge < -0.3 is 4.90 Å². The predicted octanol–water partition coefficient (Wildman–Crippen LogP) is 16.9. The lowest BCUT2D eigenvalue weighted by Crippen LogP contribution is -2.25. The van der Waals surface area contributed by atoms with Gasteiger partial charge in [0, 0.05) is 37.1 Å². The van der Waals surface area contributed by atoms with E-state index in [0.29, 0.717) is 0 Å². The van der Waals surface area contributed by atoms with Crippen LogP contribution in [0.3, 0.4) is 0 Å². The molecule has 0 amide bonds. The zero-order valence-electron chi connectivity index (χ0n) is 34.4. The van der Waals surface area contributed by atoms with Gasteiger partial charge in [0.1, 0.15) is 0 Å². The number of benzene rings is 10. The smallest absolute Gasteiger partial charge is 0.0725 e. The molecule has 1 nitrogen and oxygen atoms in total. The molecule has 0 bridgehead atoms. The molecule has 0 aliphatic heterocycles. The average Bonchev–Trinajstić information content (AvgIpc) is 3.98. The maximum atomic E-state index is 2.53. The molecule has 13 rings (SSSR count). The van der Waals surface area contributed by atoms with Gasteiger partial charge in [0.15, 0.2) is 0 Å². The quantitative estimate of drug-likeness (QED) is 0.162. The Balaban J connectivity index is 1.11. The molecule has 0 fully saturated rings. The Labute approximate surface area is 371 Å². The van der Waals surface area contributed by atoms with Gasteiger partial charge in [-0.05, 0) is 109 Å². The Kier molecular flexibility index (Phi) is 8.06. The van der Waals surface area contributed by atoms with Crippen LogP contribution in [-0.2, 0) is 5.41 Å². The van der Waals surface area contributed by atoms with Crippen LogP contribution in [0.15, 0.2) is 237 Å². The van der Waals surface area contributed by atoms with E-state index in [9.17, 15) is 0 Å². The second kappa shape index (κ2) is 14.1. The highest BCUT2D eigenvalue weighted by Crippen LogP contribution is 2.63. The van der Waals surface area contributed by atoms with Crippen LogP contribution in [0.25, 0.3) is 75.8 Å². The molecule has 0 atom stereocenters. The van der Waals surface area contributed by atoms with Crippen molar-refractivity contribution in [2.24, 2.45) is 0 Å². The fraction of sp³-hybridized carbons (Fsp3) is 0.0164. The summed E-state index contributed by atoms with van der Waals surface area (Å²) >= 11 is 1.87. The third-order valence-electron chi connectivity index (χ3n) is 13.5. The van der Waals surface area contributed by atoms with Gasteiger partial charge in [-0.15, -0.1) is 11.3 Å². The van der Waals surface area contributed by atoms with E-state index in [4.69, 9.17) is 0 Å². The molecular weight excluding hydrogens is 779 g/mol. The Morgan fingerprint density at radius 2 is 0.778 bits per heavy atom. The summed E-state index contributed by atoms with van der Waals surface area (Å²) in [6.45, 7) is 0. The van der Waals surface area contributed by atoms with Gasteiger partial charge in [-0.1, -0.05) is 200 Å². The standard InChI is InChI=1S/C61H39NS/c1-3-18-40(19-4-1)44-22-7-8-27-51(44)60-45(41-20-5-2-6-21-41)28-17-32-57(60)62(43-34-36-50-49-26-12-16-33-58(49)63-59(50)39-43)42-35-37-56-52(38-42)48-25-11-15-31-55(48)61(56)53-29-13-9-23-46(53)47-24-10-14-30-54(47)61/h1-39H. The van der Waals surface area contributed by atoms with Crippen molar-refractivity contribution in [3.63, 3.8) is 0 Å². The van der Waals surface area contributed by atoms with Crippen LogP contribution >= 0.6 is 11.3 Å². The zero-order chi connectivity index (χ0) is 41.5. The van der Waals surface area contributed by atoms with Crippen molar-refractivity contribution in [3.8, 4) is 55.6 Å². The Bertz CT molecular complexity index is 3540. The van der Waals surface area contributed by atoms with Crippen LogP contribution < -0.4 is 4.90 Å². The molecule has 2 heteroatoms. The Morgan fingerprint density at radius 3 is 1.46 bits per heavy atom. The highest BCUT2D eigenvalue weighted by Gasteiger charge is 2.51. The van der Waals surface area contributed by atoms with Crippen molar-refractivity contribution in [2.75, 3.05) is 4.90 Å². The number of nitrogens with zero attached hydrogens (tertiary/aromatic N) is 1. The van der Waals surface area contributed by atoms with E-state index in [-0.39, 0.29) is 0 Å². The first-order valence-corrected chi connectivity index (χ1v) is 22.6. The molecule has 2 aliphatic rings. The molecule has 10 aromatic carbocycles. The molecule has 2 aliphatic carbocycles. The van der Waals surface area contributed by atoms with Gasteiger partial charge in [-0.3, -0.25) is 0 Å². The zero-order valence-corrected chi connectivity index (χ0v) is 35.2. The van der Waals surface area contributed by atoms with E-state index in [2.05, 4.69) is 241 Å². The molecule has 1 aromatic heterocycles. The number of rotatable bonds is 6.